The molecule has 0 aliphatic carbocycles. The molecule has 27 heavy (non-hydrogen) atoms. The molecule has 3 amide bonds. The first kappa shape index (κ1) is 18.6. The van der Waals surface area contributed by atoms with Crippen LogP contribution in [0.5, 0.6) is 0 Å². The van der Waals surface area contributed by atoms with Crippen molar-refractivity contribution in [1.82, 2.24) is 9.88 Å². The second kappa shape index (κ2) is 7.99. The summed E-state index contributed by atoms with van der Waals surface area (Å²) in [5, 5.41) is 2.52. The highest BCUT2D eigenvalue weighted by Crippen LogP contribution is 2.34. The Morgan fingerprint density at radius 1 is 1.19 bits per heavy atom. The van der Waals surface area contributed by atoms with Crippen molar-refractivity contribution >= 4 is 23.4 Å². The van der Waals surface area contributed by atoms with Crippen molar-refractivity contribution in [2.24, 2.45) is 11.7 Å². The number of piperidine rings is 1. The topological polar surface area (TPSA) is 105 Å². The summed E-state index contributed by atoms with van der Waals surface area (Å²) in [5.74, 6) is -1.54. The van der Waals surface area contributed by atoms with E-state index >= 15 is 0 Å². The Balaban J connectivity index is 1.77. The van der Waals surface area contributed by atoms with E-state index in [1.165, 1.54) is 18.5 Å². The van der Waals surface area contributed by atoms with Crippen LogP contribution in [0.3, 0.4) is 0 Å². The molecule has 140 valence electrons. The molecule has 1 aromatic carbocycles. The lowest BCUT2D eigenvalue weighted by atomic mass is 9.88. The number of nitrogens with zero attached hydrogens (tertiary/aromatic N) is 2. The van der Waals surface area contributed by atoms with Crippen LogP contribution in [0.15, 0.2) is 48.8 Å². The summed E-state index contributed by atoms with van der Waals surface area (Å²) in [4.78, 5) is 42.0. The third-order valence-electron chi connectivity index (χ3n) is 4.78. The molecule has 1 aliphatic heterocycles. The summed E-state index contributed by atoms with van der Waals surface area (Å²) in [7, 11) is 0. The minimum absolute atomic E-state index is 0.136. The van der Waals surface area contributed by atoms with Crippen LogP contribution in [0.2, 0.25) is 0 Å². The summed E-state index contributed by atoms with van der Waals surface area (Å²) in [6.07, 6.45) is 4.32. The lowest BCUT2D eigenvalue weighted by molar-refractivity contribution is -0.146. The van der Waals surface area contributed by atoms with Gasteiger partial charge in [0, 0.05) is 12.7 Å². The second-order valence-corrected chi connectivity index (χ2v) is 6.84. The molecule has 1 aliphatic rings. The smallest absolute Gasteiger partial charge is 0.313 e. The first-order chi connectivity index (χ1) is 13.0. The van der Waals surface area contributed by atoms with Crippen molar-refractivity contribution in [3.63, 3.8) is 0 Å². The van der Waals surface area contributed by atoms with Crippen molar-refractivity contribution in [2.45, 2.75) is 25.8 Å². The van der Waals surface area contributed by atoms with Gasteiger partial charge in [0.1, 0.15) is 0 Å². The predicted molar refractivity (Wildman–Crippen MR) is 101 cm³/mol. The molecule has 0 radical (unpaired) electrons. The molecule has 0 unspecified atom stereocenters. The molecule has 2 atom stereocenters. The van der Waals surface area contributed by atoms with Gasteiger partial charge in [-0.1, -0.05) is 37.3 Å². The number of pyridine rings is 1. The summed E-state index contributed by atoms with van der Waals surface area (Å²) >= 11 is 0. The van der Waals surface area contributed by atoms with E-state index in [0.717, 1.165) is 18.4 Å². The molecule has 1 saturated heterocycles. The molecule has 0 saturated carbocycles. The van der Waals surface area contributed by atoms with E-state index in [9.17, 15) is 14.4 Å². The monoisotopic (exact) mass is 366 g/mol. The van der Waals surface area contributed by atoms with E-state index in [4.69, 9.17) is 5.73 Å². The first-order valence-electron chi connectivity index (χ1n) is 8.87. The van der Waals surface area contributed by atoms with E-state index in [-0.39, 0.29) is 17.3 Å². The Labute approximate surface area is 157 Å². The van der Waals surface area contributed by atoms with Gasteiger partial charge in [-0.25, -0.2) is 0 Å². The second-order valence-electron chi connectivity index (χ2n) is 6.84. The minimum atomic E-state index is -0.756. The molecule has 3 N–H and O–H groups in total. The Morgan fingerprint density at radius 2 is 1.93 bits per heavy atom. The molecule has 1 aromatic heterocycles. The van der Waals surface area contributed by atoms with E-state index < -0.39 is 17.7 Å². The number of nitrogens with one attached hydrogen (secondary N) is 1. The first-order valence-corrected chi connectivity index (χ1v) is 8.87. The molecule has 2 heterocycles. The molecular weight excluding hydrogens is 344 g/mol. The molecule has 2 aromatic rings. The normalized spacial score (nSPS) is 19.4. The Morgan fingerprint density at radius 3 is 2.63 bits per heavy atom. The van der Waals surface area contributed by atoms with Gasteiger partial charge >= 0.3 is 11.8 Å². The Hall–Kier alpha value is -3.22. The quantitative estimate of drug-likeness (QED) is 0.812. The van der Waals surface area contributed by atoms with Gasteiger partial charge in [0.2, 0.25) is 5.91 Å². The number of likely N-dealkylation sites (tertiary alicyclic amines) is 1. The van der Waals surface area contributed by atoms with Crippen molar-refractivity contribution in [1.29, 1.82) is 0 Å². The number of aromatic nitrogens is 1. The standard InChI is InChI=1S/C20H22N4O3/c1-13-7-8-24(17(9-13)14-5-3-2-4-6-14)20(27)19(26)23-16-10-15(18(21)25)11-22-12-16/h2-6,10-13,17H,7-9H2,1H3,(H2,21,25)(H,23,26)/t13-,17+/m1/s1. The molecule has 7 nitrogen and oxygen atoms in total. The third-order valence-corrected chi connectivity index (χ3v) is 4.78. The fourth-order valence-electron chi connectivity index (χ4n) is 3.33. The maximum atomic E-state index is 12.8. The molecule has 3 rings (SSSR count). The van der Waals surface area contributed by atoms with Gasteiger partial charge in [-0.3, -0.25) is 19.4 Å². The zero-order chi connectivity index (χ0) is 19.4. The summed E-state index contributed by atoms with van der Waals surface area (Å²) in [6, 6.07) is 11.0. The van der Waals surface area contributed by atoms with E-state index in [0.29, 0.717) is 12.5 Å². The van der Waals surface area contributed by atoms with Gasteiger partial charge in [0.05, 0.1) is 23.5 Å². The fourth-order valence-corrected chi connectivity index (χ4v) is 3.33. The summed E-state index contributed by atoms with van der Waals surface area (Å²) in [6.45, 7) is 2.67. The molecule has 7 heteroatoms. The third kappa shape index (κ3) is 4.31. The largest absolute Gasteiger partial charge is 0.366 e. The van der Waals surface area contributed by atoms with Crippen molar-refractivity contribution in [3.8, 4) is 0 Å². The van der Waals surface area contributed by atoms with E-state index in [2.05, 4.69) is 17.2 Å². The molecular formula is C20H22N4O3. The number of carbonyl (C=O) groups is 3. The number of amides is 3. The number of primary amides is 1. The van der Waals surface area contributed by atoms with Gasteiger partial charge in [-0.2, -0.15) is 0 Å². The van der Waals surface area contributed by atoms with Gasteiger partial charge in [0.25, 0.3) is 0 Å². The Kier molecular flexibility index (Phi) is 5.49. The zero-order valence-corrected chi connectivity index (χ0v) is 15.1. The number of benzene rings is 1. The summed E-state index contributed by atoms with van der Waals surface area (Å²) in [5.41, 5.74) is 6.65. The molecule has 0 bridgehead atoms. The van der Waals surface area contributed by atoms with Crippen LogP contribution in [0.25, 0.3) is 0 Å². The van der Waals surface area contributed by atoms with Gasteiger partial charge in [-0.05, 0) is 30.4 Å². The average Bonchev–Trinajstić information content (AvgIpc) is 2.68. The fraction of sp³-hybridized carbons (Fsp3) is 0.300. The van der Waals surface area contributed by atoms with Crippen molar-refractivity contribution < 1.29 is 14.4 Å². The number of carbonyl (C=O) groups excluding carboxylic acids is 3. The van der Waals surface area contributed by atoms with E-state index in [1.807, 2.05) is 30.3 Å². The number of nitrogens with two attached hydrogens (primary N) is 1. The minimum Gasteiger partial charge on any atom is -0.366 e. The lowest BCUT2D eigenvalue weighted by Crippen LogP contribution is -2.45. The van der Waals surface area contributed by atoms with E-state index in [1.54, 1.807) is 4.90 Å². The van der Waals surface area contributed by atoms with Gasteiger partial charge < -0.3 is 16.0 Å². The highest BCUT2D eigenvalue weighted by molar-refractivity contribution is 6.39. The van der Waals surface area contributed by atoms with Crippen LogP contribution < -0.4 is 11.1 Å². The van der Waals surface area contributed by atoms with Crippen molar-refractivity contribution in [3.05, 3.63) is 59.9 Å². The SMILES string of the molecule is C[C@@H]1CCN(C(=O)C(=O)Nc2cncc(C(N)=O)c2)[C@H](c2ccccc2)C1. The van der Waals surface area contributed by atoms with Crippen LogP contribution in [0.1, 0.15) is 41.7 Å². The molecule has 1 fully saturated rings. The van der Waals surface area contributed by atoms with Crippen LogP contribution in [0.4, 0.5) is 5.69 Å². The van der Waals surface area contributed by atoms with Gasteiger partial charge in [0.15, 0.2) is 0 Å². The zero-order valence-electron chi connectivity index (χ0n) is 15.1. The average molecular weight is 366 g/mol. The lowest BCUT2D eigenvalue weighted by Gasteiger charge is -2.38. The maximum Gasteiger partial charge on any atom is 0.313 e. The maximum absolute atomic E-state index is 12.8. The van der Waals surface area contributed by atoms with Crippen LogP contribution in [-0.4, -0.2) is 34.2 Å². The van der Waals surface area contributed by atoms with Crippen molar-refractivity contribution in [2.75, 3.05) is 11.9 Å². The predicted octanol–water partition coefficient (Wildman–Crippen LogP) is 2.12. The van der Waals surface area contributed by atoms with Crippen LogP contribution in [-0.2, 0) is 9.59 Å². The highest BCUT2D eigenvalue weighted by Gasteiger charge is 2.34. The Bertz CT molecular complexity index is 853. The van der Waals surface area contributed by atoms with Gasteiger partial charge in [-0.15, -0.1) is 0 Å². The number of rotatable bonds is 3. The van der Waals surface area contributed by atoms with Crippen LogP contribution >= 0.6 is 0 Å². The van der Waals surface area contributed by atoms with Crippen LogP contribution in [0, 0.1) is 5.92 Å². The number of anilines is 1. The number of hydrogen-bond acceptors (Lipinski definition) is 4. The molecule has 0 spiro atoms. The summed E-state index contributed by atoms with van der Waals surface area (Å²) < 4.78 is 0. The highest BCUT2D eigenvalue weighted by atomic mass is 16.2. The number of hydrogen-bond donors (Lipinski definition) is 2.